The molecule has 0 bridgehead atoms. The maximum Gasteiger partial charge on any atom is 0.132 e. The standard InChI is InChI=1S/C23H29N3O4/c1-25(16-9-10-16)23-17(14-28-3)24-26-18(7-6-8-19(23)26)22-20(29-4)11-15(13-27-2)12-21(22)30-5/h6-8,11-12,16H,9-10,13-14H2,1-5H3. The quantitative estimate of drug-likeness (QED) is 0.532. The molecule has 4 rings (SSSR count). The zero-order chi connectivity index (χ0) is 21.3. The van der Waals surface area contributed by atoms with Crippen molar-refractivity contribution in [1.29, 1.82) is 0 Å². The maximum atomic E-state index is 5.75. The molecule has 1 aliphatic rings. The number of methoxy groups -OCH3 is 4. The van der Waals surface area contributed by atoms with Gasteiger partial charge in [-0.15, -0.1) is 0 Å². The van der Waals surface area contributed by atoms with Crippen LogP contribution in [0, 0.1) is 0 Å². The summed E-state index contributed by atoms with van der Waals surface area (Å²) >= 11 is 0. The summed E-state index contributed by atoms with van der Waals surface area (Å²) in [5.74, 6) is 1.43. The Morgan fingerprint density at radius 2 is 1.67 bits per heavy atom. The van der Waals surface area contributed by atoms with Gasteiger partial charge in [0.05, 0.1) is 49.9 Å². The average Bonchev–Trinajstić information content (AvgIpc) is 3.54. The van der Waals surface area contributed by atoms with Gasteiger partial charge in [0.1, 0.15) is 17.2 Å². The van der Waals surface area contributed by atoms with E-state index in [2.05, 4.69) is 24.1 Å². The predicted molar refractivity (Wildman–Crippen MR) is 117 cm³/mol. The highest BCUT2D eigenvalue weighted by atomic mass is 16.5. The van der Waals surface area contributed by atoms with Crippen LogP contribution in [0.1, 0.15) is 24.1 Å². The van der Waals surface area contributed by atoms with E-state index < -0.39 is 0 Å². The molecule has 2 heterocycles. The minimum atomic E-state index is 0.453. The van der Waals surface area contributed by atoms with Crippen LogP contribution in [0.5, 0.6) is 11.5 Å². The van der Waals surface area contributed by atoms with Crippen molar-refractivity contribution in [2.45, 2.75) is 32.1 Å². The van der Waals surface area contributed by atoms with Crippen LogP contribution in [-0.2, 0) is 22.7 Å². The van der Waals surface area contributed by atoms with E-state index in [1.54, 1.807) is 28.4 Å². The molecule has 160 valence electrons. The number of fused-ring (bicyclic) bond motifs is 1. The molecule has 0 radical (unpaired) electrons. The van der Waals surface area contributed by atoms with Gasteiger partial charge in [0.15, 0.2) is 0 Å². The Labute approximate surface area is 177 Å². The summed E-state index contributed by atoms with van der Waals surface area (Å²) in [5.41, 5.74) is 5.83. The number of nitrogens with zero attached hydrogens (tertiary/aromatic N) is 3. The first-order valence-corrected chi connectivity index (χ1v) is 10.1. The third-order valence-electron chi connectivity index (χ3n) is 5.56. The first kappa shape index (κ1) is 20.5. The molecule has 7 heteroatoms. The number of hydrogen-bond donors (Lipinski definition) is 0. The molecule has 0 unspecified atom stereocenters. The van der Waals surface area contributed by atoms with Crippen LogP contribution < -0.4 is 14.4 Å². The fraction of sp³-hybridized carbons (Fsp3) is 0.435. The third kappa shape index (κ3) is 3.59. The lowest BCUT2D eigenvalue weighted by Gasteiger charge is -2.19. The molecule has 0 N–H and O–H groups in total. The summed E-state index contributed by atoms with van der Waals surface area (Å²) in [5, 5.41) is 4.93. The second kappa shape index (κ2) is 8.53. The average molecular weight is 412 g/mol. The van der Waals surface area contributed by atoms with E-state index in [4.69, 9.17) is 24.0 Å². The van der Waals surface area contributed by atoms with Crippen molar-refractivity contribution in [2.24, 2.45) is 0 Å². The molecule has 1 aliphatic carbocycles. The van der Waals surface area contributed by atoms with Crippen molar-refractivity contribution < 1.29 is 18.9 Å². The molecule has 0 atom stereocenters. The fourth-order valence-corrected chi connectivity index (χ4v) is 4.02. The minimum absolute atomic E-state index is 0.453. The molecular weight excluding hydrogens is 382 g/mol. The van der Waals surface area contributed by atoms with E-state index in [0.717, 1.165) is 45.2 Å². The Balaban J connectivity index is 1.95. The van der Waals surface area contributed by atoms with Gasteiger partial charge in [-0.3, -0.25) is 0 Å². The Morgan fingerprint density at radius 3 is 2.23 bits per heavy atom. The molecule has 1 fully saturated rings. The van der Waals surface area contributed by atoms with Crippen LogP contribution in [0.4, 0.5) is 5.69 Å². The largest absolute Gasteiger partial charge is 0.496 e. The number of hydrogen-bond acceptors (Lipinski definition) is 6. The molecule has 1 aromatic carbocycles. The highest BCUT2D eigenvalue weighted by Gasteiger charge is 2.31. The number of rotatable bonds is 9. The summed E-state index contributed by atoms with van der Waals surface area (Å²) in [4.78, 5) is 2.33. The van der Waals surface area contributed by atoms with E-state index in [1.807, 2.05) is 22.7 Å². The van der Waals surface area contributed by atoms with Crippen LogP contribution >= 0.6 is 0 Å². The Hall–Kier alpha value is -2.77. The molecular formula is C23H29N3O4. The Bertz CT molecular complexity index is 1020. The highest BCUT2D eigenvalue weighted by Crippen LogP contribution is 2.42. The lowest BCUT2D eigenvalue weighted by Crippen LogP contribution is -2.20. The van der Waals surface area contributed by atoms with Crippen molar-refractivity contribution in [2.75, 3.05) is 40.4 Å². The summed E-state index contributed by atoms with van der Waals surface area (Å²) in [6.45, 7) is 0.932. The zero-order valence-corrected chi connectivity index (χ0v) is 18.3. The summed E-state index contributed by atoms with van der Waals surface area (Å²) in [7, 11) is 8.85. The first-order valence-electron chi connectivity index (χ1n) is 10.1. The van der Waals surface area contributed by atoms with Crippen molar-refractivity contribution in [1.82, 2.24) is 9.61 Å². The molecule has 3 aromatic rings. The van der Waals surface area contributed by atoms with Crippen LogP contribution in [0.15, 0.2) is 30.3 Å². The molecule has 0 spiro atoms. The van der Waals surface area contributed by atoms with Crippen molar-refractivity contribution in [3.8, 4) is 22.8 Å². The topological polar surface area (TPSA) is 57.5 Å². The van der Waals surface area contributed by atoms with Crippen molar-refractivity contribution >= 4 is 11.2 Å². The first-order chi connectivity index (χ1) is 14.6. The summed E-state index contributed by atoms with van der Waals surface area (Å²) in [6.07, 6.45) is 2.42. The molecule has 7 nitrogen and oxygen atoms in total. The predicted octanol–water partition coefficient (Wildman–Crippen LogP) is 3.91. The van der Waals surface area contributed by atoms with Gasteiger partial charge in [-0.05, 0) is 42.7 Å². The van der Waals surface area contributed by atoms with E-state index in [0.29, 0.717) is 19.3 Å². The van der Waals surface area contributed by atoms with Crippen molar-refractivity contribution in [3.63, 3.8) is 0 Å². The number of aromatic nitrogens is 2. The molecule has 0 aliphatic heterocycles. The smallest absolute Gasteiger partial charge is 0.132 e. The van der Waals surface area contributed by atoms with Crippen LogP contribution in [0.3, 0.4) is 0 Å². The Kier molecular flexibility index (Phi) is 5.83. The van der Waals surface area contributed by atoms with Crippen LogP contribution in [-0.4, -0.2) is 51.1 Å². The summed E-state index contributed by atoms with van der Waals surface area (Å²) in [6, 6.07) is 10.7. The normalized spacial score (nSPS) is 13.6. The maximum absolute atomic E-state index is 5.75. The number of benzene rings is 1. The molecule has 2 aromatic heterocycles. The van der Waals surface area contributed by atoms with E-state index in [-0.39, 0.29) is 0 Å². The second-order valence-electron chi connectivity index (χ2n) is 7.59. The molecule has 1 saturated carbocycles. The monoisotopic (exact) mass is 411 g/mol. The number of ether oxygens (including phenoxy) is 4. The highest BCUT2D eigenvalue weighted by molar-refractivity contribution is 5.82. The van der Waals surface area contributed by atoms with Crippen LogP contribution in [0.2, 0.25) is 0 Å². The van der Waals surface area contributed by atoms with Crippen LogP contribution in [0.25, 0.3) is 16.8 Å². The summed E-state index contributed by atoms with van der Waals surface area (Å²) < 4.78 is 24.2. The number of anilines is 1. The van der Waals surface area contributed by atoms with Gasteiger partial charge in [-0.1, -0.05) is 6.07 Å². The molecule has 30 heavy (non-hydrogen) atoms. The molecule has 0 saturated heterocycles. The lowest BCUT2D eigenvalue weighted by molar-refractivity contribution is 0.181. The van der Waals surface area contributed by atoms with Gasteiger partial charge in [-0.25, -0.2) is 4.52 Å². The van der Waals surface area contributed by atoms with Gasteiger partial charge < -0.3 is 23.8 Å². The van der Waals surface area contributed by atoms with Gasteiger partial charge in [0.2, 0.25) is 0 Å². The fourth-order valence-electron chi connectivity index (χ4n) is 4.02. The lowest BCUT2D eigenvalue weighted by atomic mass is 10.0. The van der Waals surface area contributed by atoms with Gasteiger partial charge in [0, 0.05) is 27.3 Å². The van der Waals surface area contributed by atoms with Gasteiger partial charge in [0.25, 0.3) is 0 Å². The molecule has 0 amide bonds. The third-order valence-corrected chi connectivity index (χ3v) is 5.56. The van der Waals surface area contributed by atoms with Gasteiger partial charge >= 0.3 is 0 Å². The van der Waals surface area contributed by atoms with E-state index >= 15 is 0 Å². The minimum Gasteiger partial charge on any atom is -0.496 e. The second-order valence-corrected chi connectivity index (χ2v) is 7.59. The zero-order valence-electron chi connectivity index (χ0n) is 18.3. The SMILES string of the molecule is COCc1cc(OC)c(-c2cccc3c(N(C)C4CC4)c(COC)nn23)c(OC)c1. The van der Waals surface area contributed by atoms with Gasteiger partial charge in [-0.2, -0.15) is 5.10 Å². The van der Waals surface area contributed by atoms with E-state index in [1.165, 1.54) is 12.8 Å². The van der Waals surface area contributed by atoms with E-state index in [9.17, 15) is 0 Å². The Morgan fingerprint density at radius 1 is 1.00 bits per heavy atom. The van der Waals surface area contributed by atoms with Crippen molar-refractivity contribution in [3.05, 3.63) is 41.6 Å². The number of pyridine rings is 1.